The lowest BCUT2D eigenvalue weighted by molar-refractivity contribution is 0.460. The molecule has 0 radical (unpaired) electrons. The molecule has 0 unspecified atom stereocenters. The van der Waals surface area contributed by atoms with Crippen molar-refractivity contribution in [1.82, 2.24) is 4.37 Å². The van der Waals surface area contributed by atoms with E-state index in [1.54, 1.807) is 6.07 Å². The summed E-state index contributed by atoms with van der Waals surface area (Å²) in [6, 6.07) is 1.63. The minimum Gasteiger partial charge on any atom is -0.493 e. The molecule has 0 aliphatic heterocycles. The van der Waals surface area contributed by atoms with Crippen LogP contribution >= 0.6 is 11.5 Å². The van der Waals surface area contributed by atoms with Gasteiger partial charge in [0, 0.05) is 20.2 Å². The number of hydrogen-bond acceptors (Lipinski definition) is 4. The van der Waals surface area contributed by atoms with E-state index in [4.69, 9.17) is 5.11 Å². The number of nitrogens with zero attached hydrogens (tertiary/aromatic N) is 2. The van der Waals surface area contributed by atoms with Crippen LogP contribution in [0.3, 0.4) is 0 Å². The van der Waals surface area contributed by atoms with E-state index in [-0.39, 0.29) is 5.88 Å². The molecule has 0 spiro atoms. The maximum absolute atomic E-state index is 8.77. The van der Waals surface area contributed by atoms with Crippen LogP contribution < -0.4 is 4.90 Å². The smallest absolute Gasteiger partial charge is 0.224 e. The molecule has 1 N–H and O–H groups in total. The Labute approximate surface area is 57.7 Å². The van der Waals surface area contributed by atoms with E-state index < -0.39 is 0 Å². The van der Waals surface area contributed by atoms with Gasteiger partial charge < -0.3 is 10.0 Å². The fourth-order valence-corrected chi connectivity index (χ4v) is 1.03. The van der Waals surface area contributed by atoms with Crippen molar-refractivity contribution in [2.24, 2.45) is 0 Å². The molecule has 0 saturated heterocycles. The molecule has 1 heterocycles. The Morgan fingerprint density at radius 3 is 2.56 bits per heavy atom. The van der Waals surface area contributed by atoms with Crippen LogP contribution in [-0.2, 0) is 0 Å². The van der Waals surface area contributed by atoms with Crippen LogP contribution in [0.1, 0.15) is 0 Å². The first kappa shape index (κ1) is 6.35. The fourth-order valence-electron chi connectivity index (χ4n) is 0.467. The van der Waals surface area contributed by atoms with Crippen LogP contribution in [0.5, 0.6) is 5.88 Å². The number of hydrogen-bond donors (Lipinski definition) is 1. The highest BCUT2D eigenvalue weighted by Crippen LogP contribution is 2.22. The predicted octanol–water partition coefficient (Wildman–Crippen LogP) is 0.915. The molecule has 1 aromatic heterocycles. The summed E-state index contributed by atoms with van der Waals surface area (Å²) in [5.41, 5.74) is 0. The third-order valence-electron chi connectivity index (χ3n) is 0.926. The fraction of sp³-hybridized carbons (Fsp3) is 0.400. The van der Waals surface area contributed by atoms with Gasteiger partial charge in [-0.1, -0.05) is 0 Å². The zero-order valence-corrected chi connectivity index (χ0v) is 6.14. The Hall–Kier alpha value is -0.770. The van der Waals surface area contributed by atoms with Crippen LogP contribution in [0.2, 0.25) is 0 Å². The van der Waals surface area contributed by atoms with Crippen molar-refractivity contribution < 1.29 is 5.11 Å². The first-order valence-corrected chi connectivity index (χ1v) is 3.30. The van der Waals surface area contributed by atoms with Gasteiger partial charge >= 0.3 is 0 Å². The standard InChI is InChI=1S/C5H8N2OS/c1-7(2)5-3-4(8)6-9-5/h3H,1-2H3,(H,6,8). The third-order valence-corrected chi connectivity index (χ3v) is 1.87. The molecule has 0 amide bonds. The van der Waals surface area contributed by atoms with Crippen molar-refractivity contribution in [3.8, 4) is 5.88 Å². The lowest BCUT2D eigenvalue weighted by Crippen LogP contribution is -2.05. The average molecular weight is 144 g/mol. The molecule has 1 aromatic rings. The molecule has 1 rings (SSSR count). The zero-order chi connectivity index (χ0) is 6.85. The molecule has 0 fully saturated rings. The predicted molar refractivity (Wildman–Crippen MR) is 38.1 cm³/mol. The summed E-state index contributed by atoms with van der Waals surface area (Å²) >= 11 is 1.28. The number of aromatic nitrogens is 1. The first-order chi connectivity index (χ1) is 4.20. The quantitative estimate of drug-likeness (QED) is 0.636. The van der Waals surface area contributed by atoms with E-state index in [0.29, 0.717) is 0 Å². The van der Waals surface area contributed by atoms with Crippen molar-refractivity contribution in [2.45, 2.75) is 0 Å². The highest BCUT2D eigenvalue weighted by molar-refractivity contribution is 7.10. The minimum absolute atomic E-state index is 0.101. The van der Waals surface area contributed by atoms with Gasteiger partial charge in [-0.05, 0) is 11.5 Å². The average Bonchev–Trinajstić information content (AvgIpc) is 2.14. The van der Waals surface area contributed by atoms with Gasteiger partial charge in [-0.2, -0.15) is 4.37 Å². The van der Waals surface area contributed by atoms with E-state index in [1.807, 2.05) is 19.0 Å². The van der Waals surface area contributed by atoms with E-state index >= 15 is 0 Å². The Balaban J connectivity index is 2.85. The molecular weight excluding hydrogens is 136 g/mol. The molecule has 0 bridgehead atoms. The molecule has 3 nitrogen and oxygen atoms in total. The van der Waals surface area contributed by atoms with Gasteiger partial charge in [0.15, 0.2) is 0 Å². The molecule has 0 aliphatic rings. The summed E-state index contributed by atoms with van der Waals surface area (Å²) in [7, 11) is 3.82. The Kier molecular flexibility index (Phi) is 1.57. The van der Waals surface area contributed by atoms with Gasteiger partial charge in [0.05, 0.1) is 0 Å². The van der Waals surface area contributed by atoms with Crippen molar-refractivity contribution in [2.75, 3.05) is 19.0 Å². The largest absolute Gasteiger partial charge is 0.493 e. The number of rotatable bonds is 1. The van der Waals surface area contributed by atoms with E-state index in [0.717, 1.165) is 5.00 Å². The second kappa shape index (κ2) is 2.23. The van der Waals surface area contributed by atoms with Crippen LogP contribution in [-0.4, -0.2) is 23.6 Å². The van der Waals surface area contributed by atoms with Crippen molar-refractivity contribution in [3.05, 3.63) is 6.07 Å². The minimum atomic E-state index is 0.101. The van der Waals surface area contributed by atoms with Crippen LogP contribution in [0.4, 0.5) is 5.00 Å². The topological polar surface area (TPSA) is 36.4 Å². The van der Waals surface area contributed by atoms with Gasteiger partial charge in [0.25, 0.3) is 0 Å². The van der Waals surface area contributed by atoms with Crippen LogP contribution in [0, 0.1) is 0 Å². The van der Waals surface area contributed by atoms with Gasteiger partial charge in [-0.25, -0.2) is 0 Å². The summed E-state index contributed by atoms with van der Waals surface area (Å²) in [4.78, 5) is 1.90. The summed E-state index contributed by atoms with van der Waals surface area (Å²) in [6.07, 6.45) is 0. The third kappa shape index (κ3) is 1.32. The van der Waals surface area contributed by atoms with E-state index in [2.05, 4.69) is 4.37 Å². The summed E-state index contributed by atoms with van der Waals surface area (Å²) in [6.45, 7) is 0. The van der Waals surface area contributed by atoms with E-state index in [9.17, 15) is 0 Å². The van der Waals surface area contributed by atoms with Crippen LogP contribution in [0.15, 0.2) is 6.07 Å². The molecule has 4 heteroatoms. The van der Waals surface area contributed by atoms with Gasteiger partial charge in [0.1, 0.15) is 5.00 Å². The zero-order valence-electron chi connectivity index (χ0n) is 5.33. The molecule has 0 aromatic carbocycles. The number of aromatic hydroxyl groups is 1. The summed E-state index contributed by atoms with van der Waals surface area (Å²) in [5, 5.41) is 9.74. The molecule has 0 aliphatic carbocycles. The van der Waals surface area contributed by atoms with E-state index in [1.165, 1.54) is 11.5 Å². The Bertz CT molecular complexity index is 197. The Morgan fingerprint density at radius 2 is 2.33 bits per heavy atom. The normalized spacial score (nSPS) is 9.56. The summed E-state index contributed by atoms with van der Waals surface area (Å²) < 4.78 is 3.69. The van der Waals surface area contributed by atoms with Crippen molar-refractivity contribution >= 4 is 16.5 Å². The highest BCUT2D eigenvalue weighted by Gasteiger charge is 1.99. The van der Waals surface area contributed by atoms with Crippen molar-refractivity contribution in [1.29, 1.82) is 0 Å². The highest BCUT2D eigenvalue weighted by atomic mass is 32.1. The number of anilines is 1. The van der Waals surface area contributed by atoms with Gasteiger partial charge in [0.2, 0.25) is 5.88 Å². The Morgan fingerprint density at radius 1 is 1.67 bits per heavy atom. The molecule has 0 atom stereocenters. The first-order valence-electron chi connectivity index (χ1n) is 2.53. The monoisotopic (exact) mass is 144 g/mol. The molecule has 9 heavy (non-hydrogen) atoms. The maximum Gasteiger partial charge on any atom is 0.224 e. The molecule has 50 valence electrons. The molecular formula is C5H8N2OS. The second-order valence-corrected chi connectivity index (χ2v) is 2.70. The molecule has 0 saturated carbocycles. The van der Waals surface area contributed by atoms with Gasteiger partial charge in [-0.15, -0.1) is 0 Å². The lowest BCUT2D eigenvalue weighted by Gasteiger charge is -2.05. The lowest BCUT2D eigenvalue weighted by atomic mass is 10.6. The SMILES string of the molecule is CN(C)c1cc(O)ns1. The van der Waals surface area contributed by atoms with Crippen molar-refractivity contribution in [3.63, 3.8) is 0 Å². The van der Waals surface area contributed by atoms with Gasteiger partial charge in [-0.3, -0.25) is 0 Å². The summed E-state index contributed by atoms with van der Waals surface area (Å²) in [5.74, 6) is 0.101. The maximum atomic E-state index is 8.77. The second-order valence-electron chi connectivity index (χ2n) is 1.92. The van der Waals surface area contributed by atoms with Crippen LogP contribution in [0.25, 0.3) is 0 Å².